The number of carbonyl (C=O) groups excluding carboxylic acids is 1. The quantitative estimate of drug-likeness (QED) is 0.203. The van der Waals surface area contributed by atoms with Gasteiger partial charge in [0.25, 0.3) is 0 Å². The van der Waals surface area contributed by atoms with Crippen molar-refractivity contribution in [1.29, 1.82) is 0 Å². The molecule has 0 atom stereocenters. The van der Waals surface area contributed by atoms with Crippen LogP contribution in [-0.4, -0.2) is 26.8 Å². The van der Waals surface area contributed by atoms with E-state index >= 15 is 0 Å². The molecule has 0 aliphatic carbocycles. The number of carbonyl (C=O) groups is 1. The largest absolute Gasteiger partial charge is 0.508 e. The molecule has 0 radical (unpaired) electrons. The number of rotatable bonds is 4. The van der Waals surface area contributed by atoms with Crippen molar-refractivity contribution < 1.29 is 9.90 Å². The fourth-order valence-electron chi connectivity index (χ4n) is 2.44. The number of anilines is 1. The molecule has 3 N–H and O–H groups in total. The van der Waals surface area contributed by atoms with Gasteiger partial charge in [0.2, 0.25) is 5.91 Å². The first-order valence-corrected chi connectivity index (χ1v) is 16.0. The Morgan fingerprint density at radius 3 is 2.54 bits per heavy atom. The van der Waals surface area contributed by atoms with Gasteiger partial charge in [-0.25, -0.2) is 0 Å². The molecule has 0 spiro atoms. The minimum absolute atomic E-state index is 0.0495. The standard InChI is InChI=1S/C17H16ClN3O2.C3H9ISi/c1-2-3-16(23)19-17-13-6-4-10(8-15(13)20-21-17)12-7-5-11(22)9-14(12)18;1-5(2,3)4/h4-9,22H,2-3H2,1H3,(H2,19,20,21,23);1-3H3. The molecular formula is C20H25ClIN3O2Si. The minimum atomic E-state index is -0.641. The summed E-state index contributed by atoms with van der Waals surface area (Å²) in [5, 5.41) is 20.6. The van der Waals surface area contributed by atoms with Crippen LogP contribution in [0.4, 0.5) is 5.82 Å². The molecule has 0 unspecified atom stereocenters. The summed E-state index contributed by atoms with van der Waals surface area (Å²) < 4.78 is 0. The molecule has 3 rings (SSSR count). The van der Waals surface area contributed by atoms with Crippen LogP contribution in [0.25, 0.3) is 22.0 Å². The second-order valence-corrected chi connectivity index (χ2v) is 21.6. The lowest BCUT2D eigenvalue weighted by molar-refractivity contribution is -0.116. The molecule has 3 aromatic rings. The second kappa shape index (κ2) is 9.75. The first kappa shape index (κ1) is 22.7. The Balaban J connectivity index is 0.000000500. The number of amides is 1. The molecule has 0 saturated carbocycles. The van der Waals surface area contributed by atoms with Crippen molar-refractivity contribution >= 4 is 61.6 Å². The van der Waals surface area contributed by atoms with Gasteiger partial charge in [-0.05, 0) is 42.3 Å². The van der Waals surface area contributed by atoms with Gasteiger partial charge in [-0.3, -0.25) is 9.89 Å². The van der Waals surface area contributed by atoms with Crippen LogP contribution < -0.4 is 5.32 Å². The van der Waals surface area contributed by atoms with Gasteiger partial charge in [0.1, 0.15) is 11.3 Å². The molecule has 5 nitrogen and oxygen atoms in total. The average molecular weight is 530 g/mol. The highest BCUT2D eigenvalue weighted by Crippen LogP contribution is 2.33. The highest BCUT2D eigenvalue weighted by atomic mass is 127. The molecule has 2 aromatic carbocycles. The maximum atomic E-state index is 11.7. The minimum Gasteiger partial charge on any atom is -0.508 e. The second-order valence-electron chi connectivity index (χ2n) is 7.36. The van der Waals surface area contributed by atoms with Gasteiger partial charge in [-0.15, -0.1) is 21.8 Å². The summed E-state index contributed by atoms with van der Waals surface area (Å²) >= 11 is 8.70. The van der Waals surface area contributed by atoms with Crippen LogP contribution in [0.2, 0.25) is 24.7 Å². The van der Waals surface area contributed by atoms with Crippen molar-refractivity contribution in [3.8, 4) is 16.9 Å². The van der Waals surface area contributed by atoms with Crippen molar-refractivity contribution in [1.82, 2.24) is 10.2 Å². The maximum absolute atomic E-state index is 11.7. The first-order valence-electron chi connectivity index (χ1n) is 9.04. The molecule has 0 aliphatic heterocycles. The number of H-pyrrole nitrogens is 1. The maximum Gasteiger partial charge on any atom is 0.225 e. The van der Waals surface area contributed by atoms with E-state index < -0.39 is 5.57 Å². The molecular weight excluding hydrogens is 505 g/mol. The Morgan fingerprint density at radius 1 is 1.25 bits per heavy atom. The average Bonchev–Trinajstić information content (AvgIpc) is 2.95. The van der Waals surface area contributed by atoms with Gasteiger partial charge in [0, 0.05) is 17.4 Å². The van der Waals surface area contributed by atoms with Crippen molar-refractivity contribution in [2.45, 2.75) is 39.4 Å². The van der Waals surface area contributed by atoms with E-state index in [1.54, 1.807) is 12.1 Å². The van der Waals surface area contributed by atoms with E-state index in [4.69, 9.17) is 11.6 Å². The summed E-state index contributed by atoms with van der Waals surface area (Å²) in [5.74, 6) is 0.607. The Hall–Kier alpha value is -1.58. The van der Waals surface area contributed by atoms with Crippen molar-refractivity contribution in [3.63, 3.8) is 0 Å². The van der Waals surface area contributed by atoms with Gasteiger partial charge < -0.3 is 10.4 Å². The topological polar surface area (TPSA) is 78.0 Å². The Morgan fingerprint density at radius 2 is 1.93 bits per heavy atom. The fourth-order valence-corrected chi connectivity index (χ4v) is 2.73. The van der Waals surface area contributed by atoms with Crippen LogP contribution in [0.3, 0.4) is 0 Å². The SMILES string of the molecule is CCCC(=O)Nc1n[nH]c2cc(-c3ccc(O)cc3Cl)ccc12.C[Si](C)(C)I. The summed E-state index contributed by atoms with van der Waals surface area (Å²) in [5.41, 5.74) is 1.88. The number of halogens is 2. The van der Waals surface area contributed by atoms with Gasteiger partial charge in [0.05, 0.1) is 10.5 Å². The molecule has 1 amide bonds. The summed E-state index contributed by atoms with van der Waals surface area (Å²) in [6.45, 7) is 8.89. The Bertz CT molecular complexity index is 964. The molecule has 28 heavy (non-hydrogen) atoms. The van der Waals surface area contributed by atoms with Crippen LogP contribution in [0.5, 0.6) is 5.75 Å². The van der Waals surface area contributed by atoms with Gasteiger partial charge in [-0.1, -0.05) is 44.2 Å². The summed E-state index contributed by atoms with van der Waals surface area (Å²) in [6, 6.07) is 10.6. The first-order chi connectivity index (χ1) is 13.1. The summed E-state index contributed by atoms with van der Waals surface area (Å²) in [4.78, 5) is 11.7. The zero-order valence-corrected chi connectivity index (χ0v) is 20.4. The third-order valence-electron chi connectivity index (χ3n) is 3.56. The van der Waals surface area contributed by atoms with Crippen molar-refractivity contribution in [2.75, 3.05) is 5.32 Å². The number of phenols is 1. The third-order valence-corrected chi connectivity index (χ3v) is 3.87. The highest BCUT2D eigenvalue weighted by Gasteiger charge is 2.11. The number of fused-ring (bicyclic) bond motifs is 1. The predicted molar refractivity (Wildman–Crippen MR) is 129 cm³/mol. The predicted octanol–water partition coefficient (Wildman–Crippen LogP) is 6.58. The lowest BCUT2D eigenvalue weighted by atomic mass is 10.0. The Labute approximate surface area is 184 Å². The molecule has 150 valence electrons. The molecule has 0 aliphatic rings. The molecule has 0 saturated heterocycles. The zero-order chi connectivity index (χ0) is 20.9. The number of hydrogen-bond acceptors (Lipinski definition) is 3. The third kappa shape index (κ3) is 6.79. The number of aromatic hydroxyl groups is 1. The van der Waals surface area contributed by atoms with Gasteiger partial charge in [-0.2, -0.15) is 5.10 Å². The normalized spacial score (nSPS) is 11.1. The number of nitrogens with zero attached hydrogens (tertiary/aromatic N) is 1. The van der Waals surface area contributed by atoms with Crippen LogP contribution in [-0.2, 0) is 4.79 Å². The van der Waals surface area contributed by atoms with E-state index in [1.165, 1.54) is 6.07 Å². The smallest absolute Gasteiger partial charge is 0.225 e. The molecule has 1 aromatic heterocycles. The van der Waals surface area contributed by atoms with E-state index in [2.05, 4.69) is 57.0 Å². The fraction of sp³-hybridized carbons (Fsp3) is 0.300. The molecule has 8 heteroatoms. The number of benzene rings is 2. The summed E-state index contributed by atoms with van der Waals surface area (Å²) in [6.07, 6.45) is 1.26. The lowest BCUT2D eigenvalue weighted by Crippen LogP contribution is -2.10. The van der Waals surface area contributed by atoms with E-state index in [9.17, 15) is 9.90 Å². The van der Waals surface area contributed by atoms with E-state index in [1.807, 2.05) is 25.1 Å². The zero-order valence-electron chi connectivity index (χ0n) is 16.4. The van der Waals surface area contributed by atoms with Crippen LogP contribution in [0.1, 0.15) is 19.8 Å². The van der Waals surface area contributed by atoms with Crippen LogP contribution in [0, 0.1) is 0 Å². The van der Waals surface area contributed by atoms with Crippen molar-refractivity contribution in [2.24, 2.45) is 0 Å². The number of phenolic OH excluding ortho intramolecular Hbond substituents is 1. The molecule has 0 fully saturated rings. The number of aromatic amines is 1. The Kier molecular flexibility index (Phi) is 7.91. The monoisotopic (exact) mass is 529 g/mol. The number of hydrogen-bond donors (Lipinski definition) is 3. The molecule has 1 heterocycles. The summed E-state index contributed by atoms with van der Waals surface area (Å²) in [7, 11) is 0. The van der Waals surface area contributed by atoms with E-state index in [0.29, 0.717) is 17.3 Å². The molecule has 0 bridgehead atoms. The van der Waals surface area contributed by atoms with E-state index in [0.717, 1.165) is 28.5 Å². The van der Waals surface area contributed by atoms with Gasteiger partial charge >= 0.3 is 0 Å². The highest BCUT2D eigenvalue weighted by molar-refractivity contribution is 14.1. The number of nitrogens with one attached hydrogen (secondary N) is 2. The number of aromatic nitrogens is 2. The van der Waals surface area contributed by atoms with Gasteiger partial charge in [0.15, 0.2) is 5.82 Å². The van der Waals surface area contributed by atoms with Crippen LogP contribution >= 0.6 is 33.4 Å². The van der Waals surface area contributed by atoms with E-state index in [-0.39, 0.29) is 11.7 Å². The lowest BCUT2D eigenvalue weighted by Gasteiger charge is -2.06. The van der Waals surface area contributed by atoms with Crippen LogP contribution in [0.15, 0.2) is 36.4 Å². The van der Waals surface area contributed by atoms with Crippen molar-refractivity contribution in [3.05, 3.63) is 41.4 Å².